The van der Waals surface area contributed by atoms with Crippen molar-refractivity contribution in [3.05, 3.63) is 24.2 Å². The van der Waals surface area contributed by atoms with E-state index in [-0.39, 0.29) is 11.7 Å². The largest absolute Gasteiger partial charge is 0.460 e. The van der Waals surface area contributed by atoms with Crippen molar-refractivity contribution in [3.63, 3.8) is 0 Å². The summed E-state index contributed by atoms with van der Waals surface area (Å²) in [5.41, 5.74) is 0. The second-order valence-electron chi connectivity index (χ2n) is 3.92. The van der Waals surface area contributed by atoms with Gasteiger partial charge < -0.3 is 14.5 Å². The number of carbonyl (C=O) groups is 1. The van der Waals surface area contributed by atoms with Gasteiger partial charge in [0, 0.05) is 0 Å². The molecule has 0 aromatic carbocycles. The lowest BCUT2D eigenvalue weighted by atomic mass is 10.2. The fraction of sp³-hybridized carbons (Fsp3) is 0.615. The number of nitrogens with one attached hydrogen (secondary N) is 1. The summed E-state index contributed by atoms with van der Waals surface area (Å²) in [5.74, 6) is -0.103. The highest BCUT2D eigenvalue weighted by atomic mass is 16.5. The van der Waals surface area contributed by atoms with Gasteiger partial charge in [0.05, 0.1) is 12.9 Å². The van der Waals surface area contributed by atoms with Crippen molar-refractivity contribution < 1.29 is 13.9 Å². The van der Waals surface area contributed by atoms with Gasteiger partial charge in [0.15, 0.2) is 0 Å². The first-order valence-electron chi connectivity index (χ1n) is 6.26. The molecule has 0 radical (unpaired) electrons. The molecule has 0 unspecified atom stereocenters. The van der Waals surface area contributed by atoms with Crippen LogP contribution < -0.4 is 5.32 Å². The Labute approximate surface area is 102 Å². The van der Waals surface area contributed by atoms with Crippen LogP contribution in [0, 0.1) is 0 Å². The Balaban J connectivity index is 1.92. The van der Waals surface area contributed by atoms with Crippen molar-refractivity contribution >= 4 is 5.97 Å². The summed E-state index contributed by atoms with van der Waals surface area (Å²) in [4.78, 5) is 11.4. The highest BCUT2D eigenvalue weighted by molar-refractivity contribution is 5.86. The second kappa shape index (κ2) is 8.82. The van der Waals surface area contributed by atoms with Gasteiger partial charge in [-0.15, -0.1) is 0 Å². The standard InChI is InChI=1S/C13H21NO3/c1-2-8-14-9-4-3-5-10-17-13(15)12-7-6-11-16-12/h6-7,11,14H,2-5,8-10H2,1H3. The van der Waals surface area contributed by atoms with Crippen molar-refractivity contribution in [2.24, 2.45) is 0 Å². The minimum absolute atomic E-state index is 0.273. The number of ether oxygens (including phenoxy) is 1. The van der Waals surface area contributed by atoms with E-state index in [0.29, 0.717) is 6.61 Å². The van der Waals surface area contributed by atoms with Crippen LogP contribution in [0.4, 0.5) is 0 Å². The average Bonchev–Trinajstić information content (AvgIpc) is 2.86. The normalized spacial score (nSPS) is 10.4. The third kappa shape index (κ3) is 6.12. The molecule has 0 bridgehead atoms. The summed E-state index contributed by atoms with van der Waals surface area (Å²) in [6.07, 6.45) is 5.73. The molecule has 0 aliphatic heterocycles. The number of hydrogen-bond acceptors (Lipinski definition) is 4. The average molecular weight is 239 g/mol. The molecule has 96 valence electrons. The van der Waals surface area contributed by atoms with Crippen molar-refractivity contribution in [2.75, 3.05) is 19.7 Å². The molecule has 0 fully saturated rings. The van der Waals surface area contributed by atoms with Gasteiger partial charge >= 0.3 is 5.97 Å². The molecule has 1 rings (SSSR count). The van der Waals surface area contributed by atoms with E-state index < -0.39 is 0 Å². The number of esters is 1. The summed E-state index contributed by atoms with van der Waals surface area (Å²) in [6, 6.07) is 3.28. The molecule has 1 aromatic rings. The predicted octanol–water partition coefficient (Wildman–Crippen LogP) is 2.61. The number of carbonyl (C=O) groups excluding carboxylic acids is 1. The first-order chi connectivity index (χ1) is 8.34. The molecular weight excluding hydrogens is 218 g/mol. The molecule has 0 saturated heterocycles. The molecular formula is C13H21NO3. The highest BCUT2D eigenvalue weighted by Crippen LogP contribution is 2.03. The molecule has 0 aliphatic rings. The Morgan fingerprint density at radius 2 is 2.24 bits per heavy atom. The molecule has 4 nitrogen and oxygen atoms in total. The van der Waals surface area contributed by atoms with E-state index >= 15 is 0 Å². The topological polar surface area (TPSA) is 51.5 Å². The van der Waals surface area contributed by atoms with Crippen LogP contribution in [0.5, 0.6) is 0 Å². The third-order valence-electron chi connectivity index (χ3n) is 2.38. The molecule has 0 saturated carbocycles. The quantitative estimate of drug-likeness (QED) is 0.531. The van der Waals surface area contributed by atoms with Crippen LogP contribution in [-0.2, 0) is 4.74 Å². The number of unbranched alkanes of at least 4 members (excludes halogenated alkanes) is 2. The van der Waals surface area contributed by atoms with E-state index in [9.17, 15) is 4.79 Å². The molecule has 0 amide bonds. The van der Waals surface area contributed by atoms with Gasteiger partial charge in [-0.2, -0.15) is 0 Å². The van der Waals surface area contributed by atoms with Crippen LogP contribution in [0.25, 0.3) is 0 Å². The van der Waals surface area contributed by atoms with Gasteiger partial charge in [0.1, 0.15) is 0 Å². The Kier molecular flexibility index (Phi) is 7.14. The summed E-state index contributed by atoms with van der Waals surface area (Å²) in [7, 11) is 0. The zero-order chi connectivity index (χ0) is 12.3. The van der Waals surface area contributed by atoms with Crippen molar-refractivity contribution in [3.8, 4) is 0 Å². The van der Waals surface area contributed by atoms with Gasteiger partial charge in [0.25, 0.3) is 0 Å². The van der Waals surface area contributed by atoms with Gasteiger partial charge in [-0.1, -0.05) is 6.92 Å². The Hall–Kier alpha value is -1.29. The van der Waals surface area contributed by atoms with Crippen molar-refractivity contribution in [1.82, 2.24) is 5.32 Å². The van der Waals surface area contributed by atoms with Gasteiger partial charge in [-0.3, -0.25) is 0 Å². The number of hydrogen-bond donors (Lipinski definition) is 1. The van der Waals surface area contributed by atoms with Crippen LogP contribution in [0.2, 0.25) is 0 Å². The summed E-state index contributed by atoms with van der Waals surface area (Å²) in [6.45, 7) is 4.74. The molecule has 0 spiro atoms. The summed E-state index contributed by atoms with van der Waals surface area (Å²) < 4.78 is 9.99. The van der Waals surface area contributed by atoms with Crippen LogP contribution in [0.3, 0.4) is 0 Å². The van der Waals surface area contributed by atoms with E-state index in [1.165, 1.54) is 12.7 Å². The minimum atomic E-state index is -0.376. The van der Waals surface area contributed by atoms with E-state index in [4.69, 9.17) is 9.15 Å². The summed E-state index contributed by atoms with van der Waals surface area (Å²) in [5, 5.41) is 3.33. The van der Waals surface area contributed by atoms with E-state index in [0.717, 1.165) is 32.4 Å². The maximum absolute atomic E-state index is 11.4. The molecule has 1 aromatic heterocycles. The minimum Gasteiger partial charge on any atom is -0.460 e. The zero-order valence-corrected chi connectivity index (χ0v) is 10.4. The van der Waals surface area contributed by atoms with Gasteiger partial charge in [-0.05, 0) is 50.9 Å². The Morgan fingerprint density at radius 1 is 1.35 bits per heavy atom. The number of rotatable bonds is 9. The number of furan rings is 1. The lowest BCUT2D eigenvalue weighted by Gasteiger charge is -2.04. The monoisotopic (exact) mass is 239 g/mol. The Morgan fingerprint density at radius 3 is 2.94 bits per heavy atom. The van der Waals surface area contributed by atoms with Crippen molar-refractivity contribution in [2.45, 2.75) is 32.6 Å². The van der Waals surface area contributed by atoms with Crippen LogP contribution in [0.15, 0.2) is 22.8 Å². The van der Waals surface area contributed by atoms with Crippen LogP contribution in [0.1, 0.15) is 43.2 Å². The lowest BCUT2D eigenvalue weighted by molar-refractivity contribution is 0.0461. The second-order valence-corrected chi connectivity index (χ2v) is 3.92. The maximum Gasteiger partial charge on any atom is 0.374 e. The Bertz CT molecular complexity index is 296. The zero-order valence-electron chi connectivity index (χ0n) is 10.4. The molecule has 0 aliphatic carbocycles. The van der Waals surface area contributed by atoms with Crippen LogP contribution >= 0.6 is 0 Å². The van der Waals surface area contributed by atoms with E-state index in [1.54, 1.807) is 12.1 Å². The molecule has 1 heterocycles. The maximum atomic E-state index is 11.4. The fourth-order valence-corrected chi connectivity index (χ4v) is 1.46. The van der Waals surface area contributed by atoms with E-state index in [1.807, 2.05) is 0 Å². The lowest BCUT2D eigenvalue weighted by Crippen LogP contribution is -2.16. The van der Waals surface area contributed by atoms with Gasteiger partial charge in [-0.25, -0.2) is 4.79 Å². The fourth-order valence-electron chi connectivity index (χ4n) is 1.46. The SMILES string of the molecule is CCCNCCCCCOC(=O)c1ccco1. The smallest absolute Gasteiger partial charge is 0.374 e. The van der Waals surface area contributed by atoms with E-state index in [2.05, 4.69) is 12.2 Å². The molecule has 0 atom stereocenters. The summed E-state index contributed by atoms with van der Waals surface area (Å²) >= 11 is 0. The molecule has 1 N–H and O–H groups in total. The highest BCUT2D eigenvalue weighted by Gasteiger charge is 2.08. The van der Waals surface area contributed by atoms with Crippen molar-refractivity contribution in [1.29, 1.82) is 0 Å². The molecule has 17 heavy (non-hydrogen) atoms. The molecule has 4 heteroatoms. The van der Waals surface area contributed by atoms with Gasteiger partial charge in [0.2, 0.25) is 5.76 Å². The predicted molar refractivity (Wildman–Crippen MR) is 66.0 cm³/mol. The van der Waals surface area contributed by atoms with Crippen LogP contribution in [-0.4, -0.2) is 25.7 Å². The first kappa shape index (κ1) is 13.8. The third-order valence-corrected chi connectivity index (χ3v) is 2.38. The first-order valence-corrected chi connectivity index (χ1v) is 6.26.